The smallest absolute Gasteiger partial charge is 0.261 e. The van der Waals surface area contributed by atoms with Crippen LogP contribution in [0.5, 0.6) is 11.5 Å². The van der Waals surface area contributed by atoms with Crippen LogP contribution in [0.3, 0.4) is 0 Å². The quantitative estimate of drug-likeness (QED) is 0.620. The van der Waals surface area contributed by atoms with E-state index >= 15 is 0 Å². The summed E-state index contributed by atoms with van der Waals surface area (Å²) in [6, 6.07) is 2.70. The molecule has 0 saturated heterocycles. The van der Waals surface area contributed by atoms with E-state index in [2.05, 4.69) is 15.4 Å². The molecular weight excluding hydrogens is 427 g/mol. The number of hydrogen-bond acceptors (Lipinski definition) is 6. The highest BCUT2D eigenvalue weighted by atomic mass is 19.3. The molecule has 6 rings (SSSR count). The van der Waals surface area contributed by atoms with Gasteiger partial charge in [0.2, 0.25) is 0 Å². The van der Waals surface area contributed by atoms with Crippen molar-refractivity contribution in [1.29, 1.82) is 0 Å². The van der Waals surface area contributed by atoms with Gasteiger partial charge in [0.1, 0.15) is 36.4 Å². The van der Waals surface area contributed by atoms with Crippen molar-refractivity contribution in [2.75, 3.05) is 18.1 Å². The minimum absolute atomic E-state index is 0.0700. The summed E-state index contributed by atoms with van der Waals surface area (Å²) in [6.07, 6.45) is 1.62. The molecule has 3 aromatic rings. The van der Waals surface area contributed by atoms with E-state index in [0.717, 1.165) is 12.8 Å². The van der Waals surface area contributed by atoms with Gasteiger partial charge in [0.25, 0.3) is 12.3 Å². The number of fused-ring (bicyclic) bond motifs is 1. The Labute approximate surface area is 179 Å². The van der Waals surface area contributed by atoms with Crippen molar-refractivity contribution in [3.05, 3.63) is 47.5 Å². The number of amides is 1. The van der Waals surface area contributed by atoms with E-state index < -0.39 is 23.8 Å². The molecule has 32 heavy (non-hydrogen) atoms. The Kier molecular flexibility index (Phi) is 4.05. The zero-order valence-corrected chi connectivity index (χ0v) is 16.7. The molecule has 0 radical (unpaired) electrons. The molecule has 11 heteroatoms. The molecule has 1 spiro atoms. The maximum Gasteiger partial charge on any atom is 0.261 e. The Morgan fingerprint density at radius 1 is 1.22 bits per heavy atom. The zero-order chi connectivity index (χ0) is 22.0. The van der Waals surface area contributed by atoms with Crippen LogP contribution < -0.4 is 19.7 Å². The summed E-state index contributed by atoms with van der Waals surface area (Å²) in [4.78, 5) is 18.9. The molecule has 1 N–H and O–H groups in total. The summed E-state index contributed by atoms with van der Waals surface area (Å²) >= 11 is 0. The van der Waals surface area contributed by atoms with Crippen molar-refractivity contribution in [1.82, 2.24) is 19.9 Å². The minimum atomic E-state index is -2.74. The number of hydrogen-bond donors (Lipinski definition) is 1. The summed E-state index contributed by atoms with van der Waals surface area (Å²) in [6.45, 7) is -0.167. The lowest BCUT2D eigenvalue weighted by Crippen LogP contribution is -2.47. The summed E-state index contributed by atoms with van der Waals surface area (Å²) in [5, 5.41) is 7.16. The lowest BCUT2D eigenvalue weighted by Gasteiger charge is -2.37. The fourth-order valence-corrected chi connectivity index (χ4v) is 4.15. The van der Waals surface area contributed by atoms with Gasteiger partial charge < -0.3 is 19.7 Å². The standard InChI is InChI=1S/C21H18F3N5O3/c22-12-1-2-15-11(5-12)7-28-14(17(23)24)9-31-16-8-29-18(26-19(16)28)13(6-25-29)20(30)27-21(3-4-21)10-32-15/h1-2,5-6,8,14,17H,3-4,7,9-10H2,(H,27,30). The van der Waals surface area contributed by atoms with Crippen LogP contribution in [0.15, 0.2) is 30.6 Å². The van der Waals surface area contributed by atoms with Crippen LogP contribution in [0.25, 0.3) is 5.65 Å². The van der Waals surface area contributed by atoms with Gasteiger partial charge in [-0.05, 0) is 31.0 Å². The number of rotatable bonds is 1. The number of aromatic nitrogens is 3. The Hall–Kier alpha value is -3.50. The molecule has 1 amide bonds. The third-order valence-electron chi connectivity index (χ3n) is 6.16. The second-order valence-electron chi connectivity index (χ2n) is 8.37. The van der Waals surface area contributed by atoms with Crippen LogP contribution in [0.2, 0.25) is 0 Å². The first kappa shape index (κ1) is 19.2. The highest BCUT2D eigenvalue weighted by Gasteiger charge is 2.46. The number of anilines is 1. The van der Waals surface area contributed by atoms with Gasteiger partial charge in [-0.25, -0.2) is 22.7 Å². The minimum Gasteiger partial charge on any atom is -0.491 e. The lowest BCUT2D eigenvalue weighted by molar-refractivity contribution is 0.0766. The number of ether oxygens (including phenoxy) is 2. The van der Waals surface area contributed by atoms with E-state index in [1.807, 2.05) is 0 Å². The average molecular weight is 445 g/mol. The summed E-state index contributed by atoms with van der Waals surface area (Å²) in [5.74, 6) is -0.122. The van der Waals surface area contributed by atoms with Gasteiger partial charge >= 0.3 is 0 Å². The number of carbonyl (C=O) groups is 1. The largest absolute Gasteiger partial charge is 0.491 e. The van der Waals surface area contributed by atoms with E-state index in [4.69, 9.17) is 9.47 Å². The first-order chi connectivity index (χ1) is 15.4. The number of carbonyl (C=O) groups excluding carboxylic acids is 1. The third-order valence-corrected chi connectivity index (χ3v) is 6.16. The lowest BCUT2D eigenvalue weighted by atomic mass is 10.1. The number of nitrogens with zero attached hydrogens (tertiary/aromatic N) is 4. The second-order valence-corrected chi connectivity index (χ2v) is 8.37. The van der Waals surface area contributed by atoms with E-state index in [9.17, 15) is 18.0 Å². The van der Waals surface area contributed by atoms with E-state index in [1.165, 1.54) is 40.0 Å². The summed E-state index contributed by atoms with van der Waals surface area (Å²) in [7, 11) is 0. The third kappa shape index (κ3) is 3.02. The van der Waals surface area contributed by atoms with Crippen molar-refractivity contribution >= 4 is 17.4 Å². The summed E-state index contributed by atoms with van der Waals surface area (Å²) in [5.41, 5.74) is 0.303. The number of nitrogens with one attached hydrogen (secondary N) is 1. The van der Waals surface area contributed by atoms with E-state index in [1.54, 1.807) is 0 Å². The highest BCUT2D eigenvalue weighted by Crippen LogP contribution is 2.40. The predicted octanol–water partition coefficient (Wildman–Crippen LogP) is 2.56. The molecule has 1 aliphatic carbocycles. The molecule has 1 aromatic carbocycles. The van der Waals surface area contributed by atoms with Crippen molar-refractivity contribution in [3.63, 3.8) is 0 Å². The molecule has 2 aromatic heterocycles. The Morgan fingerprint density at radius 3 is 2.84 bits per heavy atom. The van der Waals surface area contributed by atoms with Crippen molar-refractivity contribution in [2.24, 2.45) is 0 Å². The second kappa shape index (κ2) is 6.75. The Balaban J connectivity index is 1.55. The molecule has 2 aliphatic heterocycles. The molecule has 1 saturated carbocycles. The van der Waals surface area contributed by atoms with Gasteiger partial charge in [-0.1, -0.05) is 0 Å². The first-order valence-corrected chi connectivity index (χ1v) is 10.2. The summed E-state index contributed by atoms with van der Waals surface area (Å²) < 4.78 is 54.9. The molecule has 1 atom stereocenters. The normalized spacial score (nSPS) is 21.3. The molecule has 8 nitrogen and oxygen atoms in total. The fourth-order valence-electron chi connectivity index (χ4n) is 4.15. The first-order valence-electron chi connectivity index (χ1n) is 10.2. The molecule has 1 unspecified atom stereocenters. The molecular formula is C21H18F3N5O3. The van der Waals surface area contributed by atoms with Gasteiger partial charge in [0.15, 0.2) is 17.2 Å². The van der Waals surface area contributed by atoms with Crippen LogP contribution in [0.1, 0.15) is 28.8 Å². The van der Waals surface area contributed by atoms with Gasteiger partial charge in [-0.3, -0.25) is 4.79 Å². The molecule has 1 fully saturated rings. The Bertz CT molecular complexity index is 1240. The number of benzene rings is 1. The molecule has 166 valence electrons. The molecule has 4 heterocycles. The molecule has 3 aliphatic rings. The zero-order valence-electron chi connectivity index (χ0n) is 16.7. The fraction of sp³-hybridized carbons (Fsp3) is 0.381. The highest BCUT2D eigenvalue weighted by molar-refractivity contribution is 6.00. The van der Waals surface area contributed by atoms with Crippen LogP contribution in [-0.2, 0) is 6.54 Å². The Morgan fingerprint density at radius 2 is 2.06 bits per heavy atom. The van der Waals surface area contributed by atoms with Crippen LogP contribution in [0.4, 0.5) is 19.0 Å². The van der Waals surface area contributed by atoms with Gasteiger partial charge in [0.05, 0.1) is 17.9 Å². The van der Waals surface area contributed by atoms with E-state index in [0.29, 0.717) is 11.3 Å². The van der Waals surface area contributed by atoms with Crippen LogP contribution in [-0.4, -0.2) is 51.7 Å². The molecule has 2 bridgehead atoms. The monoisotopic (exact) mass is 445 g/mol. The van der Waals surface area contributed by atoms with Gasteiger partial charge in [0, 0.05) is 12.1 Å². The number of alkyl halides is 2. The van der Waals surface area contributed by atoms with Crippen LogP contribution in [0, 0.1) is 5.82 Å². The predicted molar refractivity (Wildman–Crippen MR) is 106 cm³/mol. The maximum absolute atomic E-state index is 14.1. The number of halogens is 3. The average Bonchev–Trinajstić information content (AvgIpc) is 3.39. The maximum atomic E-state index is 14.1. The SMILES string of the molecule is O=C1NC2(CC2)COc2ccc(F)cc2CN2c3nc4c1cnn4cc3OCC2C(F)F. The van der Waals surface area contributed by atoms with Crippen molar-refractivity contribution < 1.29 is 27.4 Å². The van der Waals surface area contributed by atoms with Gasteiger partial charge in [-0.15, -0.1) is 0 Å². The van der Waals surface area contributed by atoms with E-state index in [-0.39, 0.29) is 48.4 Å². The van der Waals surface area contributed by atoms with Crippen molar-refractivity contribution in [3.8, 4) is 11.5 Å². The topological polar surface area (TPSA) is 81.0 Å². The van der Waals surface area contributed by atoms with Crippen LogP contribution >= 0.6 is 0 Å². The van der Waals surface area contributed by atoms with Crippen molar-refractivity contribution in [2.45, 2.75) is 37.4 Å². The van der Waals surface area contributed by atoms with Gasteiger partial charge in [-0.2, -0.15) is 5.10 Å².